The van der Waals surface area contributed by atoms with Gasteiger partial charge in [0.2, 0.25) is 0 Å². The van der Waals surface area contributed by atoms with Crippen LogP contribution in [0.2, 0.25) is 0 Å². The van der Waals surface area contributed by atoms with Gasteiger partial charge in [0.1, 0.15) is 5.75 Å². The predicted octanol–water partition coefficient (Wildman–Crippen LogP) is 4.01. The molecule has 0 saturated heterocycles. The molecule has 2 aromatic rings. The number of hydrogen-bond donors (Lipinski definition) is 1. The number of phenols is 1. The Hall–Kier alpha value is -2.02. The van der Waals surface area contributed by atoms with Crippen LogP contribution in [-0.2, 0) is 0 Å². The zero-order chi connectivity index (χ0) is 11.5. The summed E-state index contributed by atoms with van der Waals surface area (Å²) < 4.78 is 0. The van der Waals surface area contributed by atoms with Gasteiger partial charge in [-0.25, -0.2) is 0 Å². The third-order valence-electron chi connectivity index (χ3n) is 2.72. The van der Waals surface area contributed by atoms with Crippen molar-refractivity contribution in [3.8, 4) is 16.9 Å². The summed E-state index contributed by atoms with van der Waals surface area (Å²) in [6.07, 6.45) is 1.74. The first kappa shape index (κ1) is 10.5. The first-order valence-corrected chi connectivity index (χ1v) is 5.24. The van der Waals surface area contributed by atoms with Gasteiger partial charge in [0, 0.05) is 0 Å². The third kappa shape index (κ3) is 1.84. The second kappa shape index (κ2) is 4.23. The van der Waals surface area contributed by atoms with Gasteiger partial charge in [-0.2, -0.15) is 0 Å². The van der Waals surface area contributed by atoms with Crippen molar-refractivity contribution in [2.75, 3.05) is 0 Å². The maximum Gasteiger partial charge on any atom is 0.119 e. The van der Waals surface area contributed by atoms with Crippen molar-refractivity contribution in [2.24, 2.45) is 0 Å². The summed E-state index contributed by atoms with van der Waals surface area (Å²) in [7, 11) is 0. The lowest BCUT2D eigenvalue weighted by atomic mass is 9.97. The molecule has 2 rings (SSSR count). The van der Waals surface area contributed by atoms with E-state index in [2.05, 4.69) is 6.58 Å². The van der Waals surface area contributed by atoms with Crippen LogP contribution in [0.5, 0.6) is 5.75 Å². The van der Waals surface area contributed by atoms with Crippen molar-refractivity contribution in [3.05, 3.63) is 60.2 Å². The summed E-state index contributed by atoms with van der Waals surface area (Å²) in [5.74, 6) is 0.316. The lowest BCUT2D eigenvalue weighted by Gasteiger charge is -2.09. The van der Waals surface area contributed by atoms with Crippen molar-refractivity contribution in [1.29, 1.82) is 0 Å². The van der Waals surface area contributed by atoms with Crippen LogP contribution in [0.1, 0.15) is 11.1 Å². The van der Waals surface area contributed by atoms with Crippen LogP contribution in [0.25, 0.3) is 17.2 Å². The minimum absolute atomic E-state index is 0.316. The molecule has 16 heavy (non-hydrogen) atoms. The molecule has 0 atom stereocenters. The average Bonchev–Trinajstić information content (AvgIpc) is 2.33. The Morgan fingerprint density at radius 2 is 1.81 bits per heavy atom. The Kier molecular flexibility index (Phi) is 2.78. The molecule has 80 valence electrons. The van der Waals surface area contributed by atoms with Crippen molar-refractivity contribution in [1.82, 2.24) is 0 Å². The number of phenolic OH excluding ortho intramolecular Hbond substituents is 1. The van der Waals surface area contributed by atoms with Crippen LogP contribution in [0.15, 0.2) is 49.0 Å². The average molecular weight is 210 g/mol. The monoisotopic (exact) mass is 210 g/mol. The molecule has 0 aliphatic carbocycles. The van der Waals surface area contributed by atoms with E-state index in [4.69, 9.17) is 0 Å². The molecule has 0 heterocycles. The molecule has 1 N–H and O–H groups in total. The first-order chi connectivity index (χ1) is 7.72. The summed E-state index contributed by atoms with van der Waals surface area (Å²) in [6.45, 7) is 5.65. The fraction of sp³-hybridized carbons (Fsp3) is 0.0667. The topological polar surface area (TPSA) is 20.2 Å². The van der Waals surface area contributed by atoms with Crippen LogP contribution in [0.3, 0.4) is 0 Å². The molecule has 0 aromatic heterocycles. The lowest BCUT2D eigenvalue weighted by molar-refractivity contribution is 0.471. The predicted molar refractivity (Wildman–Crippen MR) is 68.4 cm³/mol. The van der Waals surface area contributed by atoms with Gasteiger partial charge in [-0.05, 0) is 41.3 Å². The highest BCUT2D eigenvalue weighted by Gasteiger charge is 2.06. The smallest absolute Gasteiger partial charge is 0.119 e. The van der Waals surface area contributed by atoms with Gasteiger partial charge in [0.25, 0.3) is 0 Å². The van der Waals surface area contributed by atoms with Gasteiger partial charge in [-0.15, -0.1) is 0 Å². The SMILES string of the molecule is C=Cc1cc(O)c(C)c(-c2ccccc2)c1. The summed E-state index contributed by atoms with van der Waals surface area (Å²) >= 11 is 0. The fourth-order valence-corrected chi connectivity index (χ4v) is 1.76. The van der Waals surface area contributed by atoms with Gasteiger partial charge >= 0.3 is 0 Å². The van der Waals surface area contributed by atoms with E-state index in [1.807, 2.05) is 43.3 Å². The van der Waals surface area contributed by atoms with Crippen LogP contribution < -0.4 is 0 Å². The summed E-state index contributed by atoms with van der Waals surface area (Å²) in [5, 5.41) is 9.83. The zero-order valence-corrected chi connectivity index (χ0v) is 9.27. The summed E-state index contributed by atoms with van der Waals surface area (Å²) in [5.41, 5.74) is 3.99. The molecule has 0 aliphatic rings. The van der Waals surface area contributed by atoms with E-state index < -0.39 is 0 Å². The van der Waals surface area contributed by atoms with E-state index in [1.54, 1.807) is 12.1 Å². The second-order valence-electron chi connectivity index (χ2n) is 3.78. The standard InChI is InChI=1S/C15H14O/c1-3-12-9-14(11(2)15(16)10-12)13-7-5-4-6-8-13/h3-10,16H,1H2,2H3. The normalized spacial score (nSPS) is 10.1. The van der Waals surface area contributed by atoms with Gasteiger partial charge in [0.15, 0.2) is 0 Å². The highest BCUT2D eigenvalue weighted by molar-refractivity contribution is 5.73. The minimum atomic E-state index is 0.316. The molecule has 0 aliphatic heterocycles. The maximum atomic E-state index is 9.83. The molecule has 0 unspecified atom stereocenters. The van der Waals surface area contributed by atoms with Crippen molar-refractivity contribution >= 4 is 6.08 Å². The lowest BCUT2D eigenvalue weighted by Crippen LogP contribution is -1.86. The van der Waals surface area contributed by atoms with E-state index in [0.29, 0.717) is 5.75 Å². The van der Waals surface area contributed by atoms with Gasteiger partial charge in [-0.1, -0.05) is 43.0 Å². The van der Waals surface area contributed by atoms with Crippen LogP contribution in [-0.4, -0.2) is 5.11 Å². The Morgan fingerprint density at radius 1 is 1.12 bits per heavy atom. The first-order valence-electron chi connectivity index (χ1n) is 5.24. The van der Waals surface area contributed by atoms with Crippen molar-refractivity contribution in [3.63, 3.8) is 0 Å². The van der Waals surface area contributed by atoms with Gasteiger partial charge < -0.3 is 5.11 Å². The Morgan fingerprint density at radius 3 is 2.44 bits per heavy atom. The highest BCUT2D eigenvalue weighted by Crippen LogP contribution is 2.31. The Bertz CT molecular complexity index is 512. The molecule has 1 nitrogen and oxygen atoms in total. The molecule has 0 fully saturated rings. The van der Waals surface area contributed by atoms with Crippen LogP contribution in [0.4, 0.5) is 0 Å². The third-order valence-corrected chi connectivity index (χ3v) is 2.72. The quantitative estimate of drug-likeness (QED) is 0.794. The number of hydrogen-bond acceptors (Lipinski definition) is 1. The summed E-state index contributed by atoms with van der Waals surface area (Å²) in [4.78, 5) is 0. The fourth-order valence-electron chi connectivity index (χ4n) is 1.76. The van der Waals surface area contributed by atoms with Crippen LogP contribution >= 0.6 is 0 Å². The van der Waals surface area contributed by atoms with Crippen molar-refractivity contribution in [2.45, 2.75) is 6.92 Å². The summed E-state index contributed by atoms with van der Waals surface area (Å²) in [6, 6.07) is 13.8. The number of benzene rings is 2. The van der Waals surface area contributed by atoms with Gasteiger partial charge in [-0.3, -0.25) is 0 Å². The van der Waals surface area contributed by atoms with Crippen LogP contribution in [0, 0.1) is 6.92 Å². The Balaban J connectivity index is 2.64. The maximum absolute atomic E-state index is 9.83. The number of aromatic hydroxyl groups is 1. The molecular weight excluding hydrogens is 196 g/mol. The molecule has 0 bridgehead atoms. The molecule has 0 radical (unpaired) electrons. The molecule has 0 amide bonds. The highest BCUT2D eigenvalue weighted by atomic mass is 16.3. The van der Waals surface area contributed by atoms with E-state index in [-0.39, 0.29) is 0 Å². The largest absolute Gasteiger partial charge is 0.508 e. The molecule has 0 spiro atoms. The van der Waals surface area contributed by atoms with E-state index >= 15 is 0 Å². The molecule has 2 aromatic carbocycles. The molecule has 1 heteroatoms. The number of rotatable bonds is 2. The van der Waals surface area contributed by atoms with E-state index in [1.165, 1.54) is 0 Å². The van der Waals surface area contributed by atoms with Crippen molar-refractivity contribution < 1.29 is 5.11 Å². The minimum Gasteiger partial charge on any atom is -0.508 e. The van der Waals surface area contributed by atoms with Gasteiger partial charge in [0.05, 0.1) is 0 Å². The molecular formula is C15H14O. The second-order valence-corrected chi connectivity index (χ2v) is 3.78. The molecule has 0 saturated carbocycles. The zero-order valence-electron chi connectivity index (χ0n) is 9.27. The Labute approximate surface area is 95.7 Å². The van der Waals surface area contributed by atoms with E-state index in [0.717, 1.165) is 22.3 Å². The van der Waals surface area contributed by atoms with E-state index in [9.17, 15) is 5.11 Å².